The van der Waals surface area contributed by atoms with Crippen molar-refractivity contribution in [1.82, 2.24) is 19.0 Å². The molecule has 9 heteroatoms. The molecule has 0 unspecified atom stereocenters. The van der Waals surface area contributed by atoms with Crippen molar-refractivity contribution in [1.29, 1.82) is 5.26 Å². The molecule has 1 saturated carbocycles. The lowest BCUT2D eigenvalue weighted by atomic mass is 9.93. The monoisotopic (exact) mass is 596 g/mol. The minimum atomic E-state index is -0.301. The molecular weight excluding hydrogens is 564 g/mol. The molecule has 2 aliphatic rings. The third-order valence-electron chi connectivity index (χ3n) is 8.84. The number of nitrogens with two attached hydrogens (primary N) is 1. The van der Waals surface area contributed by atoms with Crippen LogP contribution in [0.25, 0.3) is 16.7 Å². The lowest BCUT2D eigenvalue weighted by molar-refractivity contribution is -0.128. The van der Waals surface area contributed by atoms with Gasteiger partial charge in [-0.2, -0.15) is 5.26 Å². The van der Waals surface area contributed by atoms with E-state index in [0.717, 1.165) is 18.4 Å². The molecule has 1 saturated heterocycles. The summed E-state index contributed by atoms with van der Waals surface area (Å²) in [5.74, 6) is 1.29. The average Bonchev–Trinajstić information content (AvgIpc) is 3.81. The van der Waals surface area contributed by atoms with Gasteiger partial charge in [0.25, 0.3) is 5.91 Å². The maximum atomic E-state index is 14.2. The molecule has 2 fully saturated rings. The van der Waals surface area contributed by atoms with Crippen LogP contribution in [0.4, 0.5) is 5.82 Å². The van der Waals surface area contributed by atoms with Crippen molar-refractivity contribution in [3.63, 3.8) is 0 Å². The summed E-state index contributed by atoms with van der Waals surface area (Å²) < 4.78 is 9.24. The Bertz CT molecular complexity index is 2000. The fraction of sp³-hybridized carbons (Fsp3) is 0.222. The fourth-order valence-electron chi connectivity index (χ4n) is 6.43. The number of anilines is 1. The number of amides is 1. The van der Waals surface area contributed by atoms with E-state index in [0.29, 0.717) is 54.2 Å². The van der Waals surface area contributed by atoms with Crippen molar-refractivity contribution in [3.8, 4) is 23.3 Å². The number of para-hydroxylation sites is 1. The second kappa shape index (κ2) is 11.5. The molecule has 3 aromatic carbocycles. The van der Waals surface area contributed by atoms with Crippen LogP contribution in [0.1, 0.15) is 37.3 Å². The fourth-order valence-corrected chi connectivity index (χ4v) is 6.43. The second-order valence-electron chi connectivity index (χ2n) is 11.7. The number of benzene rings is 3. The van der Waals surface area contributed by atoms with Crippen LogP contribution in [0.3, 0.4) is 0 Å². The van der Waals surface area contributed by atoms with Gasteiger partial charge in [-0.05, 0) is 73.7 Å². The molecule has 45 heavy (non-hydrogen) atoms. The molecule has 0 radical (unpaired) electrons. The smallest absolute Gasteiger partial charge is 0.334 e. The van der Waals surface area contributed by atoms with Crippen LogP contribution in [0.2, 0.25) is 0 Å². The molecule has 2 aromatic heterocycles. The zero-order valence-corrected chi connectivity index (χ0v) is 24.7. The van der Waals surface area contributed by atoms with Crippen LogP contribution in [-0.4, -0.2) is 38.0 Å². The van der Waals surface area contributed by atoms with Crippen molar-refractivity contribution in [2.75, 3.05) is 18.8 Å². The van der Waals surface area contributed by atoms with Gasteiger partial charge in [-0.3, -0.25) is 13.9 Å². The summed E-state index contributed by atoms with van der Waals surface area (Å²) in [6.07, 6.45) is 6.65. The number of hydrogen-bond acceptors (Lipinski definition) is 6. The Morgan fingerprint density at radius 1 is 0.978 bits per heavy atom. The van der Waals surface area contributed by atoms with Crippen molar-refractivity contribution < 1.29 is 9.53 Å². The number of pyridine rings is 1. The topological polar surface area (TPSA) is 119 Å². The van der Waals surface area contributed by atoms with E-state index in [-0.39, 0.29) is 34.4 Å². The number of imidazole rings is 1. The van der Waals surface area contributed by atoms with Gasteiger partial charge in [0, 0.05) is 24.7 Å². The van der Waals surface area contributed by atoms with Gasteiger partial charge in [-0.15, -0.1) is 0 Å². The van der Waals surface area contributed by atoms with E-state index in [9.17, 15) is 14.9 Å². The van der Waals surface area contributed by atoms with E-state index in [1.165, 1.54) is 0 Å². The molecular formula is C36H32N6O3. The van der Waals surface area contributed by atoms with Crippen LogP contribution >= 0.6 is 0 Å². The maximum Gasteiger partial charge on any atom is 0.334 e. The quantitative estimate of drug-likeness (QED) is 0.184. The first-order valence-corrected chi connectivity index (χ1v) is 15.2. The molecule has 1 amide bonds. The normalized spacial score (nSPS) is 17.5. The molecule has 0 spiro atoms. The van der Waals surface area contributed by atoms with E-state index in [2.05, 4.69) is 11.1 Å². The van der Waals surface area contributed by atoms with Gasteiger partial charge in [-0.25, -0.2) is 9.78 Å². The van der Waals surface area contributed by atoms with Gasteiger partial charge in [0.2, 0.25) is 0 Å². The number of hydrogen-bond donors (Lipinski definition) is 1. The number of likely N-dealkylation sites (tertiary alicyclic amines) is 1. The van der Waals surface area contributed by atoms with Gasteiger partial charge in [0.15, 0.2) is 0 Å². The lowest BCUT2D eigenvalue weighted by Crippen LogP contribution is -2.43. The van der Waals surface area contributed by atoms with Gasteiger partial charge in [-0.1, -0.05) is 54.6 Å². The van der Waals surface area contributed by atoms with Crippen LogP contribution in [-0.2, 0) is 10.2 Å². The van der Waals surface area contributed by atoms with Crippen LogP contribution in [0.5, 0.6) is 11.5 Å². The van der Waals surface area contributed by atoms with Crippen molar-refractivity contribution in [2.45, 2.75) is 37.1 Å². The zero-order valence-electron chi connectivity index (χ0n) is 24.7. The SMILES string of the molecule is N#CC(=CC1(c2ccccc2)CC1)C(=O)N1CCC[C@@H](n2c(=O)n(-c3ccc(Oc4ccccc4)cc3)c3c(N)nccc32)C1. The third-order valence-corrected chi connectivity index (χ3v) is 8.84. The molecule has 5 aromatic rings. The summed E-state index contributed by atoms with van der Waals surface area (Å²) in [6, 6.07) is 30.4. The standard InChI is InChI=1S/C36H32N6O3/c37-23-25(22-36(18-19-36)26-8-3-1-4-9-26)34(43)40-21-7-10-28(24-40)41-31-17-20-39-33(38)32(31)42(35(41)44)27-13-15-30(16-14-27)45-29-11-5-2-6-12-29/h1-6,8-9,11-17,20,22,28H,7,10,18-19,21,24H2,(H2,38,39)/t28-/m1/s1. The second-order valence-corrected chi connectivity index (χ2v) is 11.7. The number of carbonyl (C=O) groups excluding carboxylic acids is 1. The average molecular weight is 597 g/mol. The first-order chi connectivity index (χ1) is 22.0. The summed E-state index contributed by atoms with van der Waals surface area (Å²) in [4.78, 5) is 33.9. The van der Waals surface area contributed by atoms with E-state index in [1.54, 1.807) is 26.3 Å². The number of nitrogens with zero attached hydrogens (tertiary/aromatic N) is 5. The Morgan fingerprint density at radius 2 is 1.67 bits per heavy atom. The number of nitriles is 1. The number of piperidine rings is 1. The maximum absolute atomic E-state index is 14.2. The largest absolute Gasteiger partial charge is 0.457 e. The number of allylic oxidation sites excluding steroid dienone is 1. The summed E-state index contributed by atoms with van der Waals surface area (Å²) in [5, 5.41) is 10.0. The molecule has 9 nitrogen and oxygen atoms in total. The van der Waals surface area contributed by atoms with E-state index >= 15 is 0 Å². The molecule has 1 aliphatic heterocycles. The first-order valence-electron chi connectivity index (χ1n) is 15.2. The molecule has 2 N–H and O–H groups in total. The highest BCUT2D eigenvalue weighted by molar-refractivity contribution is 5.97. The minimum absolute atomic E-state index is 0.151. The Morgan fingerprint density at radius 3 is 2.36 bits per heavy atom. The Labute approximate surface area is 260 Å². The van der Waals surface area contributed by atoms with Crippen molar-refractivity contribution in [3.05, 3.63) is 125 Å². The minimum Gasteiger partial charge on any atom is -0.457 e. The first kappa shape index (κ1) is 28.2. The van der Waals surface area contributed by atoms with Gasteiger partial charge >= 0.3 is 5.69 Å². The molecule has 3 heterocycles. The predicted molar refractivity (Wildman–Crippen MR) is 172 cm³/mol. The number of ether oxygens (including phenoxy) is 1. The molecule has 0 bridgehead atoms. The summed E-state index contributed by atoms with van der Waals surface area (Å²) in [6.45, 7) is 0.827. The Balaban J connectivity index is 1.19. The zero-order chi connectivity index (χ0) is 31.0. The van der Waals surface area contributed by atoms with Gasteiger partial charge in [0.05, 0.1) is 17.2 Å². The van der Waals surface area contributed by atoms with E-state index < -0.39 is 0 Å². The number of nitrogen functional groups attached to an aromatic ring is 1. The van der Waals surface area contributed by atoms with Crippen molar-refractivity contribution in [2.24, 2.45) is 0 Å². The summed E-state index contributed by atoms with van der Waals surface area (Å²) in [7, 11) is 0. The summed E-state index contributed by atoms with van der Waals surface area (Å²) >= 11 is 0. The number of carbonyl (C=O) groups is 1. The predicted octanol–water partition coefficient (Wildman–Crippen LogP) is 5.91. The number of aromatic nitrogens is 3. The van der Waals surface area contributed by atoms with Gasteiger partial charge in [0.1, 0.15) is 34.5 Å². The molecule has 1 aliphatic carbocycles. The van der Waals surface area contributed by atoms with E-state index in [4.69, 9.17) is 10.5 Å². The Hall–Kier alpha value is -5.62. The number of rotatable bonds is 7. The lowest BCUT2D eigenvalue weighted by Gasteiger charge is -2.33. The van der Waals surface area contributed by atoms with Crippen LogP contribution < -0.4 is 16.2 Å². The summed E-state index contributed by atoms with van der Waals surface area (Å²) in [5.41, 5.74) is 8.88. The highest BCUT2D eigenvalue weighted by Crippen LogP contribution is 2.50. The van der Waals surface area contributed by atoms with Crippen LogP contribution in [0, 0.1) is 11.3 Å². The Kier molecular flexibility index (Phi) is 7.18. The highest BCUT2D eigenvalue weighted by Gasteiger charge is 2.43. The van der Waals surface area contributed by atoms with E-state index in [1.807, 2.05) is 91.0 Å². The number of fused-ring (bicyclic) bond motifs is 1. The highest BCUT2D eigenvalue weighted by atomic mass is 16.5. The van der Waals surface area contributed by atoms with Crippen molar-refractivity contribution >= 4 is 22.8 Å². The third kappa shape index (κ3) is 5.25. The van der Waals surface area contributed by atoms with Gasteiger partial charge < -0.3 is 15.4 Å². The molecule has 1 atom stereocenters. The molecule has 7 rings (SSSR count). The molecule has 224 valence electrons. The van der Waals surface area contributed by atoms with Crippen LogP contribution in [0.15, 0.2) is 114 Å².